The molecule has 1 amide bonds. The lowest BCUT2D eigenvalue weighted by Gasteiger charge is -2.29. The summed E-state index contributed by atoms with van der Waals surface area (Å²) in [6.07, 6.45) is 5.93. The molecule has 0 N–H and O–H groups in total. The third-order valence-corrected chi connectivity index (χ3v) is 5.20. The van der Waals surface area contributed by atoms with Gasteiger partial charge in [0, 0.05) is 17.9 Å². The van der Waals surface area contributed by atoms with Crippen LogP contribution in [0.3, 0.4) is 0 Å². The number of nitrogens with zero attached hydrogens (tertiary/aromatic N) is 1. The van der Waals surface area contributed by atoms with Gasteiger partial charge in [0.2, 0.25) is 0 Å². The summed E-state index contributed by atoms with van der Waals surface area (Å²) in [6, 6.07) is 16.6. The van der Waals surface area contributed by atoms with Crippen LogP contribution in [0.1, 0.15) is 39.5 Å². The van der Waals surface area contributed by atoms with Crippen LogP contribution < -0.4 is 0 Å². The molecule has 0 radical (unpaired) electrons. The number of thioether (sulfide) groups is 1. The standard InChI is InChI=1S/C21H23NOS/c1-3-14-22(20-13-12-17-6-4-5-7-19(17)20)21(23)18-10-8-16(9-11-18)15-24-2/h3-11,20H,1,12-15H2,2H3/t20-/m0/s1. The number of amides is 1. The molecule has 0 saturated heterocycles. The molecule has 0 fully saturated rings. The Kier molecular flexibility index (Phi) is 5.41. The Balaban J connectivity index is 1.85. The average Bonchev–Trinajstić information content (AvgIpc) is 3.04. The van der Waals surface area contributed by atoms with Gasteiger partial charge in [-0.2, -0.15) is 11.8 Å². The molecule has 1 atom stereocenters. The van der Waals surface area contributed by atoms with E-state index in [4.69, 9.17) is 0 Å². The summed E-state index contributed by atoms with van der Waals surface area (Å²) in [7, 11) is 0. The van der Waals surface area contributed by atoms with Gasteiger partial charge in [0.1, 0.15) is 0 Å². The number of carbonyl (C=O) groups excluding carboxylic acids is 1. The van der Waals surface area contributed by atoms with Gasteiger partial charge < -0.3 is 4.90 Å². The van der Waals surface area contributed by atoms with Crippen LogP contribution in [-0.2, 0) is 12.2 Å². The zero-order chi connectivity index (χ0) is 16.9. The van der Waals surface area contributed by atoms with Crippen molar-refractivity contribution in [2.24, 2.45) is 0 Å². The molecule has 0 saturated carbocycles. The number of carbonyl (C=O) groups is 1. The molecular formula is C21H23NOS. The SMILES string of the molecule is C=CCN(C(=O)c1ccc(CSC)cc1)[C@H]1CCc2ccccc21. The number of aryl methyl sites for hydroxylation is 1. The van der Waals surface area contributed by atoms with Crippen LogP contribution >= 0.6 is 11.8 Å². The van der Waals surface area contributed by atoms with Crippen molar-refractivity contribution in [3.05, 3.63) is 83.4 Å². The van der Waals surface area contributed by atoms with Gasteiger partial charge in [0.15, 0.2) is 0 Å². The summed E-state index contributed by atoms with van der Waals surface area (Å²) in [6.45, 7) is 4.42. The molecule has 3 rings (SSSR count). The van der Waals surface area contributed by atoms with Gasteiger partial charge in [0.25, 0.3) is 5.91 Å². The van der Waals surface area contributed by atoms with Gasteiger partial charge in [-0.1, -0.05) is 42.5 Å². The van der Waals surface area contributed by atoms with Crippen molar-refractivity contribution < 1.29 is 4.79 Å². The third kappa shape index (κ3) is 3.41. The highest BCUT2D eigenvalue weighted by molar-refractivity contribution is 7.97. The average molecular weight is 337 g/mol. The molecule has 0 unspecified atom stereocenters. The van der Waals surface area contributed by atoms with E-state index in [1.807, 2.05) is 23.1 Å². The van der Waals surface area contributed by atoms with E-state index >= 15 is 0 Å². The van der Waals surface area contributed by atoms with Crippen LogP contribution in [0.25, 0.3) is 0 Å². The van der Waals surface area contributed by atoms with Crippen LogP contribution in [0.4, 0.5) is 0 Å². The largest absolute Gasteiger partial charge is 0.328 e. The highest BCUT2D eigenvalue weighted by atomic mass is 32.2. The maximum Gasteiger partial charge on any atom is 0.254 e. The van der Waals surface area contributed by atoms with E-state index in [2.05, 4.69) is 49.2 Å². The number of benzene rings is 2. The van der Waals surface area contributed by atoms with Gasteiger partial charge in [-0.25, -0.2) is 0 Å². The van der Waals surface area contributed by atoms with Gasteiger partial charge in [0.05, 0.1) is 6.04 Å². The monoisotopic (exact) mass is 337 g/mol. The molecule has 24 heavy (non-hydrogen) atoms. The second-order valence-electron chi connectivity index (χ2n) is 6.13. The molecule has 1 aliphatic carbocycles. The first-order chi connectivity index (χ1) is 11.7. The van der Waals surface area contributed by atoms with Gasteiger partial charge in [-0.3, -0.25) is 4.79 Å². The van der Waals surface area contributed by atoms with Crippen LogP contribution in [0, 0.1) is 0 Å². The molecule has 0 bridgehead atoms. The number of rotatable bonds is 6. The minimum absolute atomic E-state index is 0.0901. The maximum atomic E-state index is 13.1. The smallest absolute Gasteiger partial charge is 0.254 e. The summed E-state index contributed by atoms with van der Waals surface area (Å²) in [5.41, 5.74) is 4.65. The lowest BCUT2D eigenvalue weighted by atomic mass is 10.0. The lowest BCUT2D eigenvalue weighted by Crippen LogP contribution is -2.34. The van der Waals surface area contributed by atoms with Crippen molar-refractivity contribution in [2.45, 2.75) is 24.6 Å². The molecule has 0 spiro atoms. The fourth-order valence-electron chi connectivity index (χ4n) is 3.43. The van der Waals surface area contributed by atoms with Crippen molar-refractivity contribution in [2.75, 3.05) is 12.8 Å². The summed E-state index contributed by atoms with van der Waals surface area (Å²) in [5, 5.41) is 0. The van der Waals surface area contributed by atoms with Crippen molar-refractivity contribution in [1.82, 2.24) is 4.90 Å². The summed E-state index contributed by atoms with van der Waals surface area (Å²) < 4.78 is 0. The first-order valence-corrected chi connectivity index (χ1v) is 9.71. The number of hydrogen-bond acceptors (Lipinski definition) is 2. The second kappa shape index (κ2) is 7.71. The third-order valence-electron chi connectivity index (χ3n) is 4.58. The Bertz CT molecular complexity index is 723. The topological polar surface area (TPSA) is 20.3 Å². The van der Waals surface area contributed by atoms with Gasteiger partial charge in [-0.15, -0.1) is 6.58 Å². The predicted molar refractivity (Wildman–Crippen MR) is 102 cm³/mol. The highest BCUT2D eigenvalue weighted by Crippen LogP contribution is 2.36. The van der Waals surface area contributed by atoms with E-state index in [0.29, 0.717) is 6.54 Å². The van der Waals surface area contributed by atoms with Crippen molar-refractivity contribution >= 4 is 17.7 Å². The highest BCUT2D eigenvalue weighted by Gasteiger charge is 2.30. The minimum Gasteiger partial charge on any atom is -0.328 e. The van der Waals surface area contributed by atoms with E-state index in [1.165, 1.54) is 16.7 Å². The molecule has 0 aromatic heterocycles. The summed E-state index contributed by atoms with van der Waals surface area (Å²) >= 11 is 1.79. The Morgan fingerprint density at radius 2 is 2.00 bits per heavy atom. The van der Waals surface area contributed by atoms with E-state index in [9.17, 15) is 4.79 Å². The van der Waals surface area contributed by atoms with Crippen LogP contribution in [-0.4, -0.2) is 23.6 Å². The lowest BCUT2D eigenvalue weighted by molar-refractivity contribution is 0.0701. The van der Waals surface area contributed by atoms with Crippen molar-refractivity contribution in [3.8, 4) is 0 Å². The van der Waals surface area contributed by atoms with Gasteiger partial charge in [-0.05, 0) is 47.9 Å². The molecule has 0 aliphatic heterocycles. The summed E-state index contributed by atoms with van der Waals surface area (Å²) in [4.78, 5) is 15.0. The molecule has 2 aromatic carbocycles. The quantitative estimate of drug-likeness (QED) is 0.701. The Hall–Kier alpha value is -2.00. The Morgan fingerprint density at radius 3 is 2.71 bits per heavy atom. The van der Waals surface area contributed by atoms with Gasteiger partial charge >= 0.3 is 0 Å². The van der Waals surface area contributed by atoms with Crippen LogP contribution in [0.15, 0.2) is 61.2 Å². The van der Waals surface area contributed by atoms with E-state index < -0.39 is 0 Å². The Labute approximate surface area is 148 Å². The van der Waals surface area contributed by atoms with Crippen LogP contribution in [0.5, 0.6) is 0 Å². The summed E-state index contributed by atoms with van der Waals surface area (Å²) in [5.74, 6) is 1.06. The maximum absolute atomic E-state index is 13.1. The molecule has 0 heterocycles. The molecule has 124 valence electrons. The zero-order valence-electron chi connectivity index (χ0n) is 14.1. The predicted octanol–water partition coefficient (Wildman–Crippen LogP) is 4.87. The number of fused-ring (bicyclic) bond motifs is 1. The van der Waals surface area contributed by atoms with Crippen molar-refractivity contribution in [1.29, 1.82) is 0 Å². The molecule has 3 heteroatoms. The molecule has 2 aromatic rings. The number of hydrogen-bond donors (Lipinski definition) is 0. The fraction of sp³-hybridized carbons (Fsp3) is 0.286. The first kappa shape index (κ1) is 16.8. The van der Waals surface area contributed by atoms with E-state index in [1.54, 1.807) is 11.8 Å². The molecular weight excluding hydrogens is 314 g/mol. The van der Waals surface area contributed by atoms with E-state index in [-0.39, 0.29) is 11.9 Å². The molecule has 1 aliphatic rings. The van der Waals surface area contributed by atoms with E-state index in [0.717, 1.165) is 24.2 Å². The van der Waals surface area contributed by atoms with Crippen molar-refractivity contribution in [3.63, 3.8) is 0 Å². The minimum atomic E-state index is 0.0901. The fourth-order valence-corrected chi connectivity index (χ4v) is 3.95. The second-order valence-corrected chi connectivity index (χ2v) is 7.00. The normalized spacial score (nSPS) is 15.8. The van der Waals surface area contributed by atoms with Crippen LogP contribution in [0.2, 0.25) is 0 Å². The molecule has 2 nitrogen and oxygen atoms in total. The Morgan fingerprint density at radius 1 is 1.25 bits per heavy atom. The first-order valence-electron chi connectivity index (χ1n) is 8.32. The zero-order valence-corrected chi connectivity index (χ0v) is 14.9.